The van der Waals surface area contributed by atoms with Gasteiger partial charge in [-0.1, -0.05) is 23.9 Å². The monoisotopic (exact) mass is 397 g/mol. The van der Waals surface area contributed by atoms with Crippen LogP contribution in [0.3, 0.4) is 0 Å². The minimum Gasteiger partial charge on any atom is -0.494 e. The molecular formula is C21H23N3O3S. The van der Waals surface area contributed by atoms with Crippen molar-refractivity contribution in [2.24, 2.45) is 0 Å². The van der Waals surface area contributed by atoms with Crippen LogP contribution in [0.15, 0.2) is 58.5 Å². The van der Waals surface area contributed by atoms with E-state index in [9.17, 15) is 9.59 Å². The number of ether oxygens (including phenoxy) is 1. The average molecular weight is 398 g/mol. The Morgan fingerprint density at radius 3 is 2.57 bits per heavy atom. The van der Waals surface area contributed by atoms with Crippen LogP contribution in [-0.2, 0) is 4.79 Å². The predicted octanol–water partition coefficient (Wildman–Crippen LogP) is 3.40. The van der Waals surface area contributed by atoms with Crippen molar-refractivity contribution in [2.75, 3.05) is 13.2 Å². The number of aromatic nitrogens is 2. The first-order valence-corrected chi connectivity index (χ1v) is 10.1. The third-order valence-corrected chi connectivity index (χ3v) is 5.21. The Balaban J connectivity index is 2.11. The number of carbonyl (C=O) groups is 1. The quantitative estimate of drug-likeness (QED) is 0.489. The molecule has 146 valence electrons. The van der Waals surface area contributed by atoms with Crippen molar-refractivity contribution in [1.82, 2.24) is 14.9 Å². The Hall–Kier alpha value is -2.80. The number of hydrogen-bond acceptors (Lipinski definition) is 5. The van der Waals surface area contributed by atoms with E-state index in [2.05, 4.69) is 10.3 Å². The van der Waals surface area contributed by atoms with Crippen LogP contribution >= 0.6 is 11.8 Å². The van der Waals surface area contributed by atoms with Crippen molar-refractivity contribution in [3.8, 4) is 11.4 Å². The Morgan fingerprint density at radius 2 is 1.89 bits per heavy atom. The standard InChI is InChI=1S/C21H23N3O3S/c1-4-22-19(25)14(3)28-21-23-18-9-7-6-8-17(18)20(26)24(21)15-10-12-16(13-11-15)27-5-2/h6-14H,4-5H2,1-3H3,(H,22,25)/t14-/m1/s1. The highest BCUT2D eigenvalue weighted by Crippen LogP contribution is 2.26. The van der Waals surface area contributed by atoms with E-state index in [1.807, 2.05) is 50.2 Å². The van der Waals surface area contributed by atoms with E-state index in [0.717, 1.165) is 5.75 Å². The van der Waals surface area contributed by atoms with Crippen molar-refractivity contribution < 1.29 is 9.53 Å². The molecule has 2 aromatic carbocycles. The van der Waals surface area contributed by atoms with E-state index in [1.54, 1.807) is 23.6 Å². The van der Waals surface area contributed by atoms with Crippen molar-refractivity contribution in [3.05, 3.63) is 58.9 Å². The van der Waals surface area contributed by atoms with E-state index in [1.165, 1.54) is 11.8 Å². The minimum atomic E-state index is -0.387. The molecule has 0 aliphatic carbocycles. The third-order valence-electron chi connectivity index (χ3n) is 4.15. The van der Waals surface area contributed by atoms with Gasteiger partial charge in [-0.15, -0.1) is 0 Å². The fourth-order valence-corrected chi connectivity index (χ4v) is 3.76. The zero-order chi connectivity index (χ0) is 20.1. The summed E-state index contributed by atoms with van der Waals surface area (Å²) in [7, 11) is 0. The van der Waals surface area contributed by atoms with Gasteiger partial charge in [0.05, 0.1) is 28.4 Å². The number of carbonyl (C=O) groups excluding carboxylic acids is 1. The molecule has 1 amide bonds. The smallest absolute Gasteiger partial charge is 0.266 e. The summed E-state index contributed by atoms with van der Waals surface area (Å²) in [5.74, 6) is 0.645. The average Bonchev–Trinajstić information content (AvgIpc) is 2.69. The van der Waals surface area contributed by atoms with Gasteiger partial charge in [-0.25, -0.2) is 4.98 Å². The zero-order valence-electron chi connectivity index (χ0n) is 16.1. The lowest BCUT2D eigenvalue weighted by atomic mass is 10.2. The second kappa shape index (κ2) is 8.93. The molecule has 1 atom stereocenters. The highest BCUT2D eigenvalue weighted by molar-refractivity contribution is 8.00. The van der Waals surface area contributed by atoms with E-state index >= 15 is 0 Å². The number of hydrogen-bond donors (Lipinski definition) is 1. The number of nitrogens with zero attached hydrogens (tertiary/aromatic N) is 2. The Labute approximate surface area is 167 Å². The lowest BCUT2D eigenvalue weighted by Crippen LogP contribution is -2.31. The van der Waals surface area contributed by atoms with Crippen molar-refractivity contribution in [3.63, 3.8) is 0 Å². The molecule has 6 nitrogen and oxygen atoms in total. The van der Waals surface area contributed by atoms with Gasteiger partial charge in [0.25, 0.3) is 5.56 Å². The molecular weight excluding hydrogens is 374 g/mol. The van der Waals surface area contributed by atoms with Gasteiger partial charge in [0, 0.05) is 6.54 Å². The highest BCUT2D eigenvalue weighted by Gasteiger charge is 2.19. The van der Waals surface area contributed by atoms with Crippen LogP contribution in [0.25, 0.3) is 16.6 Å². The van der Waals surface area contributed by atoms with E-state index in [0.29, 0.717) is 34.9 Å². The van der Waals surface area contributed by atoms with Gasteiger partial charge in [0.15, 0.2) is 5.16 Å². The van der Waals surface area contributed by atoms with Crippen LogP contribution in [0.1, 0.15) is 20.8 Å². The van der Waals surface area contributed by atoms with Crippen molar-refractivity contribution >= 4 is 28.6 Å². The zero-order valence-corrected chi connectivity index (χ0v) is 17.0. The summed E-state index contributed by atoms with van der Waals surface area (Å²) in [6, 6.07) is 14.5. The molecule has 3 aromatic rings. The maximum atomic E-state index is 13.2. The predicted molar refractivity (Wildman–Crippen MR) is 113 cm³/mol. The van der Waals surface area contributed by atoms with Crippen LogP contribution in [0.4, 0.5) is 0 Å². The minimum absolute atomic E-state index is 0.0897. The molecule has 0 saturated heterocycles. The molecule has 1 N–H and O–H groups in total. The first-order chi connectivity index (χ1) is 13.5. The van der Waals surface area contributed by atoms with Gasteiger partial charge in [-0.2, -0.15) is 0 Å². The number of amides is 1. The molecule has 1 heterocycles. The largest absolute Gasteiger partial charge is 0.494 e. The number of benzene rings is 2. The first kappa shape index (κ1) is 19.9. The summed E-state index contributed by atoms with van der Waals surface area (Å²) in [6.07, 6.45) is 0. The van der Waals surface area contributed by atoms with E-state index in [-0.39, 0.29) is 16.7 Å². The number of nitrogens with one attached hydrogen (secondary N) is 1. The number of para-hydroxylation sites is 1. The van der Waals surface area contributed by atoms with Gasteiger partial charge in [0.2, 0.25) is 5.91 Å². The maximum Gasteiger partial charge on any atom is 0.266 e. The molecule has 1 aromatic heterocycles. The summed E-state index contributed by atoms with van der Waals surface area (Å²) in [4.78, 5) is 30.1. The van der Waals surface area contributed by atoms with Crippen LogP contribution < -0.4 is 15.6 Å². The van der Waals surface area contributed by atoms with Crippen LogP contribution in [-0.4, -0.2) is 33.9 Å². The van der Waals surface area contributed by atoms with Gasteiger partial charge >= 0.3 is 0 Å². The second-order valence-electron chi connectivity index (χ2n) is 6.13. The van der Waals surface area contributed by atoms with Gasteiger partial charge in [-0.3, -0.25) is 14.2 Å². The summed E-state index contributed by atoms with van der Waals surface area (Å²) < 4.78 is 7.04. The first-order valence-electron chi connectivity index (χ1n) is 9.24. The summed E-state index contributed by atoms with van der Waals surface area (Å²) in [6.45, 7) is 6.73. The molecule has 3 rings (SSSR count). The lowest BCUT2D eigenvalue weighted by Gasteiger charge is -2.16. The maximum absolute atomic E-state index is 13.2. The van der Waals surface area contributed by atoms with Gasteiger partial charge < -0.3 is 10.1 Å². The molecule has 28 heavy (non-hydrogen) atoms. The molecule has 0 unspecified atom stereocenters. The second-order valence-corrected chi connectivity index (χ2v) is 7.44. The molecule has 0 aliphatic rings. The SMILES string of the molecule is CCNC(=O)[C@@H](C)Sc1nc2ccccc2c(=O)n1-c1ccc(OCC)cc1. The van der Waals surface area contributed by atoms with Crippen molar-refractivity contribution in [2.45, 2.75) is 31.2 Å². The molecule has 0 fully saturated rings. The fourth-order valence-electron chi connectivity index (χ4n) is 2.81. The normalized spacial score (nSPS) is 12.0. The third kappa shape index (κ3) is 4.20. The molecule has 0 saturated carbocycles. The Kier molecular flexibility index (Phi) is 6.36. The number of thioether (sulfide) groups is 1. The van der Waals surface area contributed by atoms with Gasteiger partial charge in [-0.05, 0) is 57.2 Å². The van der Waals surface area contributed by atoms with Crippen LogP contribution in [0, 0.1) is 0 Å². The molecule has 0 radical (unpaired) electrons. The summed E-state index contributed by atoms with van der Waals surface area (Å²) in [5.41, 5.74) is 1.12. The summed E-state index contributed by atoms with van der Waals surface area (Å²) in [5, 5.41) is 3.43. The topological polar surface area (TPSA) is 73.2 Å². The molecule has 0 spiro atoms. The Morgan fingerprint density at radius 1 is 1.18 bits per heavy atom. The summed E-state index contributed by atoms with van der Waals surface area (Å²) >= 11 is 1.27. The lowest BCUT2D eigenvalue weighted by molar-refractivity contribution is -0.120. The van der Waals surface area contributed by atoms with Crippen LogP contribution in [0.5, 0.6) is 5.75 Å². The van der Waals surface area contributed by atoms with Crippen molar-refractivity contribution in [1.29, 1.82) is 0 Å². The number of rotatable bonds is 7. The Bertz CT molecular complexity index is 1030. The van der Waals surface area contributed by atoms with E-state index in [4.69, 9.17) is 4.74 Å². The van der Waals surface area contributed by atoms with Crippen LogP contribution in [0.2, 0.25) is 0 Å². The van der Waals surface area contributed by atoms with Gasteiger partial charge in [0.1, 0.15) is 5.75 Å². The molecule has 0 aliphatic heterocycles. The molecule has 7 heteroatoms. The van der Waals surface area contributed by atoms with E-state index < -0.39 is 0 Å². The highest BCUT2D eigenvalue weighted by atomic mass is 32.2. The molecule has 0 bridgehead atoms. The fraction of sp³-hybridized carbons (Fsp3) is 0.286. The number of fused-ring (bicyclic) bond motifs is 1.